The fourth-order valence-electron chi connectivity index (χ4n) is 5.91. The van der Waals surface area contributed by atoms with E-state index in [1.807, 2.05) is 0 Å². The molecular formula is C44H81O10P. The van der Waals surface area contributed by atoms with E-state index in [0.717, 1.165) is 64.2 Å². The molecule has 0 bridgehead atoms. The number of carbonyl (C=O) groups excluding carboxylic acids is 2. The minimum Gasteiger partial charge on any atom is -0.457 e. The first kappa shape index (κ1) is 53.2. The van der Waals surface area contributed by atoms with Crippen LogP contribution in [0.2, 0.25) is 0 Å². The molecule has 0 aromatic heterocycles. The molecule has 3 atom stereocenters. The molecule has 0 aromatic carbocycles. The van der Waals surface area contributed by atoms with E-state index in [1.54, 1.807) is 0 Å². The Morgan fingerprint density at radius 1 is 0.491 bits per heavy atom. The molecule has 0 aliphatic carbocycles. The van der Waals surface area contributed by atoms with E-state index in [-0.39, 0.29) is 12.8 Å². The van der Waals surface area contributed by atoms with Crippen molar-refractivity contribution in [3.05, 3.63) is 36.5 Å². The van der Waals surface area contributed by atoms with E-state index in [9.17, 15) is 29.3 Å². The summed E-state index contributed by atoms with van der Waals surface area (Å²) in [5.74, 6) is -1.03. The topological polar surface area (TPSA) is 149 Å². The number of phosphoric ester groups is 1. The van der Waals surface area contributed by atoms with Gasteiger partial charge in [0.15, 0.2) is 0 Å². The molecule has 10 nitrogen and oxygen atoms in total. The number of carbonyl (C=O) groups is 2. The summed E-state index contributed by atoms with van der Waals surface area (Å²) in [6.45, 7) is 2.13. The summed E-state index contributed by atoms with van der Waals surface area (Å²) in [5, 5.41) is 19.2. The normalized spacial score (nSPS) is 14.2. The fourth-order valence-corrected chi connectivity index (χ4v) is 6.70. The fraction of sp³-hybridized carbons (Fsp3) is 0.818. The molecule has 0 aliphatic heterocycles. The van der Waals surface area contributed by atoms with Gasteiger partial charge in [0.1, 0.15) is 12.2 Å². The van der Waals surface area contributed by atoms with Gasteiger partial charge in [0.2, 0.25) is 0 Å². The van der Waals surface area contributed by atoms with Gasteiger partial charge in [-0.1, -0.05) is 153 Å². The Bertz CT molecular complexity index is 1010. The Labute approximate surface area is 335 Å². The number of unbranched alkanes of at least 4 members (excludes halogenated alkanes) is 21. The number of ether oxygens (including phenoxy) is 2. The van der Waals surface area contributed by atoms with Crippen LogP contribution in [0.4, 0.5) is 0 Å². The van der Waals surface area contributed by atoms with Gasteiger partial charge in [-0.2, -0.15) is 0 Å². The lowest BCUT2D eigenvalue weighted by molar-refractivity contribution is -0.153. The molecule has 0 saturated heterocycles. The highest BCUT2D eigenvalue weighted by Gasteiger charge is 2.27. The first-order valence-corrected chi connectivity index (χ1v) is 23.4. The van der Waals surface area contributed by atoms with Crippen molar-refractivity contribution in [2.24, 2.45) is 0 Å². The molecule has 0 amide bonds. The molecule has 0 aliphatic rings. The molecule has 0 radical (unpaired) electrons. The van der Waals surface area contributed by atoms with Crippen LogP contribution in [-0.2, 0) is 32.7 Å². The van der Waals surface area contributed by atoms with Crippen molar-refractivity contribution >= 4 is 19.8 Å². The average Bonchev–Trinajstić information content (AvgIpc) is 3.17. The minimum absolute atomic E-state index is 0.176. The summed E-state index contributed by atoms with van der Waals surface area (Å²) in [6.07, 6.45) is 41.2. The van der Waals surface area contributed by atoms with Gasteiger partial charge < -0.3 is 24.6 Å². The maximum Gasteiger partial charge on any atom is 0.472 e. The lowest BCUT2D eigenvalue weighted by atomic mass is 10.1. The lowest BCUT2D eigenvalue weighted by Gasteiger charge is -2.20. The average molecular weight is 801 g/mol. The second-order valence-electron chi connectivity index (χ2n) is 14.7. The molecule has 0 spiro atoms. The van der Waals surface area contributed by atoms with Crippen molar-refractivity contribution in [2.45, 2.75) is 206 Å². The first-order valence-electron chi connectivity index (χ1n) is 21.9. The van der Waals surface area contributed by atoms with Gasteiger partial charge in [0.25, 0.3) is 0 Å². The molecule has 0 aromatic rings. The zero-order valence-corrected chi connectivity index (χ0v) is 35.8. The molecule has 0 fully saturated rings. The number of aliphatic hydroxyl groups excluding tert-OH is 2. The van der Waals surface area contributed by atoms with Crippen LogP contribution in [0.25, 0.3) is 0 Å². The van der Waals surface area contributed by atoms with Crippen molar-refractivity contribution in [2.75, 3.05) is 26.4 Å². The molecule has 3 unspecified atom stereocenters. The van der Waals surface area contributed by atoms with E-state index >= 15 is 0 Å². The van der Waals surface area contributed by atoms with Crippen LogP contribution in [0.15, 0.2) is 36.5 Å². The van der Waals surface area contributed by atoms with Gasteiger partial charge in [-0.3, -0.25) is 18.6 Å². The van der Waals surface area contributed by atoms with Gasteiger partial charge in [-0.25, -0.2) is 4.57 Å². The second kappa shape index (κ2) is 40.4. The molecular weight excluding hydrogens is 719 g/mol. The third-order valence-corrected chi connectivity index (χ3v) is 10.3. The van der Waals surface area contributed by atoms with Crippen molar-refractivity contribution < 1.29 is 47.8 Å². The summed E-state index contributed by atoms with van der Waals surface area (Å²) in [6, 6.07) is 0. The SMILES string of the molecule is CCC/C=C\C/C=C\CCCCCCCC(=O)OC(CO)COP(=O)(O)OCC(CO)OC(=O)CCCCCCCCCCC/C=C\CCCCCCCC. The molecule has 0 rings (SSSR count). The van der Waals surface area contributed by atoms with Crippen LogP contribution in [-0.4, -0.2) is 65.7 Å². The summed E-state index contributed by atoms with van der Waals surface area (Å²) in [7, 11) is -4.64. The van der Waals surface area contributed by atoms with E-state index in [2.05, 4.69) is 50.3 Å². The van der Waals surface area contributed by atoms with Gasteiger partial charge in [-0.15, -0.1) is 0 Å². The Morgan fingerprint density at radius 2 is 0.836 bits per heavy atom. The van der Waals surface area contributed by atoms with Crippen LogP contribution < -0.4 is 0 Å². The molecule has 3 N–H and O–H groups in total. The molecule has 55 heavy (non-hydrogen) atoms. The van der Waals surface area contributed by atoms with E-state index in [1.165, 1.54) is 89.9 Å². The number of phosphoric acid groups is 1. The van der Waals surface area contributed by atoms with Gasteiger partial charge >= 0.3 is 19.8 Å². The Morgan fingerprint density at radius 3 is 1.22 bits per heavy atom. The number of hydrogen-bond acceptors (Lipinski definition) is 9. The highest BCUT2D eigenvalue weighted by Crippen LogP contribution is 2.43. The van der Waals surface area contributed by atoms with Crippen LogP contribution in [0.3, 0.4) is 0 Å². The number of aliphatic hydroxyl groups is 2. The third-order valence-electron chi connectivity index (χ3n) is 9.31. The van der Waals surface area contributed by atoms with Crippen LogP contribution in [0.5, 0.6) is 0 Å². The smallest absolute Gasteiger partial charge is 0.457 e. The van der Waals surface area contributed by atoms with Crippen molar-refractivity contribution in [3.63, 3.8) is 0 Å². The molecule has 0 heterocycles. The quantitative estimate of drug-likeness (QED) is 0.0236. The van der Waals surface area contributed by atoms with E-state index in [0.29, 0.717) is 12.8 Å². The standard InChI is InChI=1S/C44H81O10P/c1-3-5-7-9-11-13-15-17-18-19-20-21-22-24-26-28-30-32-34-36-44(48)54-42(38-46)40-52-55(49,50)51-39-41(37-45)53-43(47)35-33-31-29-27-25-23-16-14-12-10-8-6-4-2/h8,10,14,16-18,41-42,45-46H,3-7,9,11-13,15,19-40H2,1-2H3,(H,49,50)/b10-8-,16-14-,18-17-. The highest BCUT2D eigenvalue weighted by atomic mass is 31.2. The maximum atomic E-state index is 12.4. The maximum absolute atomic E-state index is 12.4. The molecule has 0 saturated carbocycles. The molecule has 11 heteroatoms. The number of allylic oxidation sites excluding steroid dienone is 6. The van der Waals surface area contributed by atoms with Gasteiger partial charge in [0, 0.05) is 12.8 Å². The lowest BCUT2D eigenvalue weighted by Crippen LogP contribution is -2.28. The predicted octanol–water partition coefficient (Wildman–Crippen LogP) is 11.6. The first-order chi connectivity index (χ1) is 26.8. The Balaban J connectivity index is 3.91. The number of hydrogen-bond donors (Lipinski definition) is 3. The van der Waals surface area contributed by atoms with Crippen LogP contribution in [0.1, 0.15) is 194 Å². The second-order valence-corrected chi connectivity index (χ2v) is 16.1. The number of esters is 2. The van der Waals surface area contributed by atoms with Crippen LogP contribution in [0, 0.1) is 0 Å². The zero-order chi connectivity index (χ0) is 40.5. The van der Waals surface area contributed by atoms with E-state index in [4.69, 9.17) is 18.5 Å². The Hall–Kier alpha value is -1.81. The van der Waals surface area contributed by atoms with Crippen molar-refractivity contribution in [1.29, 1.82) is 0 Å². The highest BCUT2D eigenvalue weighted by molar-refractivity contribution is 7.47. The van der Waals surface area contributed by atoms with E-state index < -0.39 is 58.4 Å². The predicted molar refractivity (Wildman–Crippen MR) is 224 cm³/mol. The Kier molecular flexibility index (Phi) is 39.1. The summed E-state index contributed by atoms with van der Waals surface area (Å²) in [4.78, 5) is 34.5. The zero-order valence-electron chi connectivity index (χ0n) is 34.9. The largest absolute Gasteiger partial charge is 0.472 e. The van der Waals surface area contributed by atoms with Gasteiger partial charge in [0.05, 0.1) is 26.4 Å². The van der Waals surface area contributed by atoms with Crippen LogP contribution >= 0.6 is 7.82 Å². The minimum atomic E-state index is -4.64. The monoisotopic (exact) mass is 801 g/mol. The van der Waals surface area contributed by atoms with Crippen molar-refractivity contribution in [1.82, 2.24) is 0 Å². The van der Waals surface area contributed by atoms with Crippen molar-refractivity contribution in [3.8, 4) is 0 Å². The summed E-state index contributed by atoms with van der Waals surface area (Å²) >= 11 is 0. The third kappa shape index (κ3) is 38.8. The number of rotatable bonds is 41. The van der Waals surface area contributed by atoms with Gasteiger partial charge in [-0.05, 0) is 64.2 Å². The summed E-state index contributed by atoms with van der Waals surface area (Å²) < 4.78 is 32.5. The summed E-state index contributed by atoms with van der Waals surface area (Å²) in [5.41, 5.74) is 0. The molecule has 322 valence electrons.